The number of carbonyl (C=O) groups excluding carboxylic acids is 1. The fourth-order valence-corrected chi connectivity index (χ4v) is 3.58. The number of nitrogens with one attached hydrogen (secondary N) is 1. The zero-order chi connectivity index (χ0) is 21.6. The van der Waals surface area contributed by atoms with Crippen LogP contribution in [0.3, 0.4) is 0 Å². The van der Waals surface area contributed by atoms with Gasteiger partial charge in [-0.1, -0.05) is 66.5 Å². The molecule has 0 heterocycles. The standard InChI is InChI=1S/C23H27Cl2NO3/c1-15(2)29-22(16-7-5-4-6-8-16)21(28)20(26)14-23(3,11-12-27)17-9-10-18(24)19(25)13-17/h4-10,13,15,22,26-27H,11-12,14H2,1-3H3. The second-order valence-corrected chi connectivity index (χ2v) is 8.47. The summed E-state index contributed by atoms with van der Waals surface area (Å²) in [5, 5.41) is 19.0. The lowest BCUT2D eigenvalue weighted by Gasteiger charge is -2.31. The van der Waals surface area contributed by atoms with E-state index in [1.807, 2.05) is 57.2 Å². The molecule has 0 bridgehead atoms. The van der Waals surface area contributed by atoms with Crippen LogP contribution in [0.25, 0.3) is 0 Å². The Balaban J connectivity index is 2.31. The maximum Gasteiger partial charge on any atom is 0.209 e. The third-order valence-electron chi connectivity index (χ3n) is 4.89. The van der Waals surface area contributed by atoms with Crippen LogP contribution in [0.1, 0.15) is 50.8 Å². The summed E-state index contributed by atoms with van der Waals surface area (Å²) in [6, 6.07) is 14.4. The fraction of sp³-hybridized carbons (Fsp3) is 0.391. The van der Waals surface area contributed by atoms with Crippen LogP contribution in [0.15, 0.2) is 48.5 Å². The molecule has 0 saturated carbocycles. The maximum atomic E-state index is 13.2. The zero-order valence-corrected chi connectivity index (χ0v) is 18.4. The molecular weight excluding hydrogens is 409 g/mol. The Morgan fingerprint density at radius 1 is 1.14 bits per heavy atom. The first-order valence-electron chi connectivity index (χ1n) is 9.56. The van der Waals surface area contributed by atoms with Crippen LogP contribution in [0, 0.1) is 5.41 Å². The van der Waals surface area contributed by atoms with Crippen molar-refractivity contribution in [2.24, 2.45) is 0 Å². The van der Waals surface area contributed by atoms with Gasteiger partial charge in [-0.05, 0) is 43.5 Å². The maximum absolute atomic E-state index is 13.2. The Hall–Kier alpha value is -1.72. The SMILES string of the molecule is CC(C)OC(C(=O)C(=N)CC(C)(CCO)c1ccc(Cl)c(Cl)c1)c1ccccc1. The van der Waals surface area contributed by atoms with Crippen molar-refractivity contribution in [1.29, 1.82) is 5.41 Å². The van der Waals surface area contributed by atoms with Gasteiger partial charge in [0.1, 0.15) is 6.10 Å². The van der Waals surface area contributed by atoms with Crippen molar-refractivity contribution in [3.63, 3.8) is 0 Å². The smallest absolute Gasteiger partial charge is 0.209 e. The minimum Gasteiger partial charge on any atom is -0.396 e. The first-order valence-corrected chi connectivity index (χ1v) is 10.3. The Bertz CT molecular complexity index is 854. The number of benzene rings is 2. The summed E-state index contributed by atoms with van der Waals surface area (Å²) in [5.74, 6) is -0.380. The van der Waals surface area contributed by atoms with Gasteiger partial charge in [-0.25, -0.2) is 0 Å². The molecule has 2 atom stereocenters. The molecule has 0 aliphatic heterocycles. The van der Waals surface area contributed by atoms with Gasteiger partial charge in [0.15, 0.2) is 0 Å². The number of Topliss-reactive ketones (excluding diaryl/α,β-unsaturated/α-hetero) is 1. The number of aliphatic hydroxyl groups is 1. The van der Waals surface area contributed by atoms with Gasteiger partial charge < -0.3 is 15.3 Å². The van der Waals surface area contributed by atoms with Gasteiger partial charge >= 0.3 is 0 Å². The summed E-state index contributed by atoms with van der Waals surface area (Å²) in [5.41, 5.74) is 0.838. The van der Waals surface area contributed by atoms with E-state index in [1.165, 1.54) is 0 Å². The van der Waals surface area contributed by atoms with Crippen LogP contribution in [-0.4, -0.2) is 29.3 Å². The van der Waals surface area contributed by atoms with Crippen molar-refractivity contribution in [3.8, 4) is 0 Å². The molecule has 0 saturated heterocycles. The van der Waals surface area contributed by atoms with Crippen molar-refractivity contribution in [1.82, 2.24) is 0 Å². The Kier molecular flexibility index (Phi) is 8.41. The molecule has 2 aromatic rings. The summed E-state index contributed by atoms with van der Waals surface area (Å²) in [6.07, 6.45) is -0.483. The third-order valence-corrected chi connectivity index (χ3v) is 5.63. The Morgan fingerprint density at radius 3 is 2.34 bits per heavy atom. The minimum absolute atomic E-state index is 0.0541. The van der Waals surface area contributed by atoms with Gasteiger partial charge in [0, 0.05) is 18.4 Å². The first-order chi connectivity index (χ1) is 13.7. The van der Waals surface area contributed by atoms with Crippen molar-refractivity contribution in [2.45, 2.75) is 51.2 Å². The monoisotopic (exact) mass is 435 g/mol. The summed E-state index contributed by atoms with van der Waals surface area (Å²) in [4.78, 5) is 13.2. The Labute approximate surface area is 182 Å². The molecule has 2 rings (SSSR count). The number of halogens is 2. The first kappa shape index (κ1) is 23.6. The predicted molar refractivity (Wildman–Crippen MR) is 118 cm³/mol. The van der Waals surface area contributed by atoms with E-state index in [-0.39, 0.29) is 30.6 Å². The molecule has 2 aromatic carbocycles. The van der Waals surface area contributed by atoms with Crippen LogP contribution in [0.4, 0.5) is 0 Å². The van der Waals surface area contributed by atoms with Crippen LogP contribution >= 0.6 is 23.2 Å². The Morgan fingerprint density at radius 2 is 1.79 bits per heavy atom. The van der Waals surface area contributed by atoms with Gasteiger partial charge in [0.25, 0.3) is 0 Å². The van der Waals surface area contributed by atoms with Gasteiger partial charge in [0.2, 0.25) is 5.78 Å². The number of ether oxygens (including phenoxy) is 1. The predicted octanol–water partition coefficient (Wildman–Crippen LogP) is 5.78. The van der Waals surface area contributed by atoms with E-state index in [2.05, 4.69) is 0 Å². The van der Waals surface area contributed by atoms with E-state index in [9.17, 15) is 9.90 Å². The van der Waals surface area contributed by atoms with Crippen LogP contribution in [0.5, 0.6) is 0 Å². The summed E-state index contributed by atoms with van der Waals surface area (Å²) in [7, 11) is 0. The van der Waals surface area contributed by atoms with Crippen LogP contribution in [-0.2, 0) is 14.9 Å². The van der Waals surface area contributed by atoms with E-state index in [0.717, 1.165) is 5.56 Å². The van der Waals surface area contributed by atoms with Crippen LogP contribution in [0.2, 0.25) is 10.0 Å². The number of rotatable bonds is 10. The van der Waals surface area contributed by atoms with E-state index in [4.69, 9.17) is 33.3 Å². The number of hydrogen-bond donors (Lipinski definition) is 2. The molecule has 2 unspecified atom stereocenters. The minimum atomic E-state index is -0.837. The normalized spacial score (nSPS) is 14.4. The lowest BCUT2D eigenvalue weighted by molar-refractivity contribution is -0.127. The summed E-state index contributed by atoms with van der Waals surface area (Å²) in [6.45, 7) is 5.55. The largest absolute Gasteiger partial charge is 0.396 e. The highest BCUT2D eigenvalue weighted by Crippen LogP contribution is 2.36. The molecule has 156 valence electrons. The topological polar surface area (TPSA) is 70.4 Å². The van der Waals surface area contributed by atoms with Crippen molar-refractivity contribution < 1.29 is 14.6 Å². The molecule has 0 spiro atoms. The fourth-order valence-electron chi connectivity index (χ4n) is 3.28. The molecule has 29 heavy (non-hydrogen) atoms. The third kappa shape index (κ3) is 6.13. The lowest BCUT2D eigenvalue weighted by Crippen LogP contribution is -2.33. The second-order valence-electron chi connectivity index (χ2n) is 7.66. The number of carbonyl (C=O) groups is 1. The quantitative estimate of drug-likeness (QED) is 0.464. The van der Waals surface area contributed by atoms with Gasteiger partial charge in [-0.15, -0.1) is 0 Å². The molecule has 6 heteroatoms. The molecule has 0 radical (unpaired) electrons. The molecule has 0 amide bonds. The van der Waals surface area contributed by atoms with Gasteiger partial charge in [-0.2, -0.15) is 0 Å². The van der Waals surface area contributed by atoms with Gasteiger partial charge in [-0.3, -0.25) is 4.79 Å². The summed E-state index contributed by atoms with van der Waals surface area (Å²) < 4.78 is 5.86. The van der Waals surface area contributed by atoms with E-state index in [1.54, 1.807) is 12.1 Å². The summed E-state index contributed by atoms with van der Waals surface area (Å²) >= 11 is 12.2. The van der Waals surface area contributed by atoms with Crippen molar-refractivity contribution in [2.75, 3.05) is 6.61 Å². The lowest BCUT2D eigenvalue weighted by atomic mass is 9.74. The van der Waals surface area contributed by atoms with E-state index >= 15 is 0 Å². The van der Waals surface area contributed by atoms with Gasteiger partial charge in [0.05, 0.1) is 21.9 Å². The zero-order valence-electron chi connectivity index (χ0n) is 16.9. The van der Waals surface area contributed by atoms with Crippen LogP contribution < -0.4 is 0 Å². The second kappa shape index (κ2) is 10.4. The number of hydrogen-bond acceptors (Lipinski definition) is 4. The average molecular weight is 436 g/mol. The number of ketones is 1. The molecule has 0 aromatic heterocycles. The molecular formula is C23H27Cl2NO3. The highest BCUT2D eigenvalue weighted by Gasteiger charge is 2.33. The highest BCUT2D eigenvalue weighted by atomic mass is 35.5. The number of aliphatic hydroxyl groups excluding tert-OH is 1. The molecule has 0 aliphatic rings. The molecule has 2 N–H and O–H groups in total. The highest BCUT2D eigenvalue weighted by molar-refractivity contribution is 6.42. The van der Waals surface area contributed by atoms with Crippen molar-refractivity contribution >= 4 is 34.7 Å². The average Bonchev–Trinajstić information content (AvgIpc) is 2.68. The molecule has 0 aliphatic carbocycles. The molecule has 0 fully saturated rings. The van der Waals surface area contributed by atoms with E-state index < -0.39 is 11.5 Å². The van der Waals surface area contributed by atoms with E-state index in [0.29, 0.717) is 22.0 Å². The van der Waals surface area contributed by atoms with Crippen molar-refractivity contribution in [3.05, 3.63) is 69.7 Å². The molecule has 4 nitrogen and oxygen atoms in total.